The fraction of sp³-hybridized carbons (Fsp3) is 0.333. The van der Waals surface area contributed by atoms with Gasteiger partial charge in [0, 0.05) is 5.33 Å². The van der Waals surface area contributed by atoms with Gasteiger partial charge in [0.2, 0.25) is 0 Å². The Balaban J connectivity index is 3.21. The van der Waals surface area contributed by atoms with Crippen molar-refractivity contribution >= 4 is 15.9 Å². The van der Waals surface area contributed by atoms with E-state index in [-0.39, 0.29) is 10.9 Å². The van der Waals surface area contributed by atoms with E-state index < -0.39 is 23.9 Å². The predicted molar refractivity (Wildman–Crippen MR) is 50.8 cm³/mol. The lowest BCUT2D eigenvalue weighted by molar-refractivity contribution is -0.276. The largest absolute Gasteiger partial charge is 0.573 e. The van der Waals surface area contributed by atoms with Gasteiger partial charge < -0.3 is 4.74 Å². The van der Waals surface area contributed by atoms with E-state index in [2.05, 4.69) is 20.7 Å². The molecule has 0 bridgehead atoms. The molecule has 1 rings (SSSR count). The summed E-state index contributed by atoms with van der Waals surface area (Å²) in [5, 5.41) is 0.0996. The molecule has 0 N–H and O–H groups in total. The van der Waals surface area contributed by atoms with Crippen molar-refractivity contribution in [2.45, 2.75) is 17.9 Å². The molecule has 0 aliphatic carbocycles. The Morgan fingerprint density at radius 2 is 1.65 bits per heavy atom. The van der Waals surface area contributed by atoms with Crippen LogP contribution in [0.5, 0.6) is 5.75 Å². The Morgan fingerprint density at radius 3 is 2.06 bits per heavy atom. The summed E-state index contributed by atoms with van der Waals surface area (Å²) in [4.78, 5) is 0. The zero-order chi connectivity index (χ0) is 13.3. The zero-order valence-corrected chi connectivity index (χ0v) is 9.58. The van der Waals surface area contributed by atoms with Gasteiger partial charge in [-0.3, -0.25) is 0 Å². The van der Waals surface area contributed by atoms with Gasteiger partial charge in [-0.25, -0.2) is 0 Å². The number of hydrogen-bond donors (Lipinski definition) is 0. The first-order chi connectivity index (χ1) is 7.63. The molecule has 96 valence electrons. The van der Waals surface area contributed by atoms with E-state index >= 15 is 0 Å². The van der Waals surface area contributed by atoms with Crippen molar-refractivity contribution in [3.8, 4) is 5.75 Å². The van der Waals surface area contributed by atoms with Crippen LogP contribution in [-0.2, 0) is 11.5 Å². The van der Waals surface area contributed by atoms with Crippen molar-refractivity contribution < 1.29 is 31.1 Å². The second kappa shape index (κ2) is 4.75. The molecule has 0 amide bonds. The number of ether oxygens (including phenoxy) is 1. The molecule has 0 heterocycles. The summed E-state index contributed by atoms with van der Waals surface area (Å²) < 4.78 is 76.4. The molecule has 0 radical (unpaired) electrons. The summed E-state index contributed by atoms with van der Waals surface area (Å²) in [5.41, 5.74) is -1.25. The monoisotopic (exact) mass is 322 g/mol. The molecular formula is C9H5BrF6O. The third-order valence-electron chi connectivity index (χ3n) is 1.73. The highest BCUT2D eigenvalue weighted by Gasteiger charge is 2.39. The van der Waals surface area contributed by atoms with Crippen LogP contribution in [-0.4, -0.2) is 6.36 Å². The maximum Gasteiger partial charge on any atom is 0.573 e. The van der Waals surface area contributed by atoms with Gasteiger partial charge in [-0.2, -0.15) is 13.2 Å². The van der Waals surface area contributed by atoms with E-state index in [9.17, 15) is 26.3 Å². The highest BCUT2D eigenvalue weighted by molar-refractivity contribution is 9.08. The van der Waals surface area contributed by atoms with Crippen molar-refractivity contribution in [2.24, 2.45) is 0 Å². The van der Waals surface area contributed by atoms with Gasteiger partial charge in [-0.15, -0.1) is 13.2 Å². The number of rotatable bonds is 2. The van der Waals surface area contributed by atoms with Crippen LogP contribution in [0.1, 0.15) is 11.1 Å². The summed E-state index contributed by atoms with van der Waals surface area (Å²) in [6, 6.07) is 2.37. The third kappa shape index (κ3) is 4.10. The summed E-state index contributed by atoms with van der Waals surface area (Å²) in [5.74, 6) is -1.25. The Labute approximate surface area is 101 Å². The van der Waals surface area contributed by atoms with Crippen molar-refractivity contribution in [1.29, 1.82) is 0 Å². The molecule has 0 spiro atoms. The topological polar surface area (TPSA) is 9.23 Å². The molecule has 0 aliphatic heterocycles. The van der Waals surface area contributed by atoms with Crippen molar-refractivity contribution in [1.82, 2.24) is 0 Å². The molecule has 0 saturated heterocycles. The van der Waals surface area contributed by atoms with E-state index in [1.807, 2.05) is 0 Å². The maximum atomic E-state index is 12.5. The van der Waals surface area contributed by atoms with E-state index in [4.69, 9.17) is 0 Å². The molecule has 0 saturated carbocycles. The van der Waals surface area contributed by atoms with Crippen LogP contribution >= 0.6 is 15.9 Å². The van der Waals surface area contributed by atoms with Gasteiger partial charge in [0.15, 0.2) is 0 Å². The highest BCUT2D eigenvalue weighted by Crippen LogP contribution is 2.39. The highest BCUT2D eigenvalue weighted by atomic mass is 79.9. The van der Waals surface area contributed by atoms with Crippen molar-refractivity contribution in [3.63, 3.8) is 0 Å². The average molecular weight is 323 g/mol. The van der Waals surface area contributed by atoms with Crippen LogP contribution < -0.4 is 4.74 Å². The summed E-state index contributed by atoms with van der Waals surface area (Å²) >= 11 is 2.91. The lowest BCUT2D eigenvalue weighted by Crippen LogP contribution is -2.20. The minimum Gasteiger partial charge on any atom is -0.405 e. The number of alkyl halides is 7. The number of halogens is 7. The normalized spacial score (nSPS) is 12.6. The Kier molecular flexibility index (Phi) is 3.95. The van der Waals surface area contributed by atoms with Gasteiger partial charge in [0.25, 0.3) is 0 Å². The lowest BCUT2D eigenvalue weighted by atomic mass is 10.1. The molecule has 1 aromatic carbocycles. The van der Waals surface area contributed by atoms with Crippen LogP contribution in [0.4, 0.5) is 26.3 Å². The Hall–Kier alpha value is -0.920. The van der Waals surface area contributed by atoms with E-state index in [1.165, 1.54) is 0 Å². The van der Waals surface area contributed by atoms with Gasteiger partial charge in [-0.05, 0) is 17.7 Å². The molecule has 0 aromatic heterocycles. The van der Waals surface area contributed by atoms with E-state index in [0.29, 0.717) is 12.1 Å². The molecule has 17 heavy (non-hydrogen) atoms. The molecule has 0 aliphatic rings. The standard InChI is InChI=1S/C9H5BrF6O/c10-4-5-1-2-7(17-9(14,15)16)6(3-5)8(11,12)13/h1-3H,4H2. The molecule has 0 unspecified atom stereocenters. The summed E-state index contributed by atoms with van der Waals surface area (Å²) in [7, 11) is 0. The number of hydrogen-bond acceptors (Lipinski definition) is 1. The fourth-order valence-electron chi connectivity index (χ4n) is 1.10. The average Bonchev–Trinajstić information content (AvgIpc) is 2.14. The maximum absolute atomic E-state index is 12.5. The smallest absolute Gasteiger partial charge is 0.405 e. The SMILES string of the molecule is FC(F)(F)Oc1ccc(CBr)cc1C(F)(F)F. The van der Waals surface area contributed by atoms with Gasteiger partial charge >= 0.3 is 12.5 Å². The van der Waals surface area contributed by atoms with E-state index in [1.54, 1.807) is 0 Å². The summed E-state index contributed by atoms with van der Waals surface area (Å²) in [6.45, 7) is 0. The Bertz CT molecular complexity index is 397. The molecule has 1 aromatic rings. The molecule has 8 heteroatoms. The first-order valence-corrected chi connectivity index (χ1v) is 5.27. The molecule has 1 nitrogen and oxygen atoms in total. The molecule has 0 fully saturated rings. The minimum atomic E-state index is -5.16. The van der Waals surface area contributed by atoms with Crippen LogP contribution in [0.3, 0.4) is 0 Å². The quantitative estimate of drug-likeness (QED) is 0.575. The third-order valence-corrected chi connectivity index (χ3v) is 2.38. The van der Waals surface area contributed by atoms with Crippen LogP contribution in [0.2, 0.25) is 0 Å². The van der Waals surface area contributed by atoms with E-state index in [0.717, 1.165) is 6.07 Å². The lowest BCUT2D eigenvalue weighted by Gasteiger charge is -2.15. The van der Waals surface area contributed by atoms with Gasteiger partial charge in [0.05, 0.1) is 5.56 Å². The van der Waals surface area contributed by atoms with Crippen LogP contribution in [0.15, 0.2) is 18.2 Å². The Morgan fingerprint density at radius 1 is 1.06 bits per heavy atom. The van der Waals surface area contributed by atoms with Gasteiger partial charge in [-0.1, -0.05) is 22.0 Å². The van der Waals surface area contributed by atoms with Gasteiger partial charge in [0.1, 0.15) is 5.75 Å². The fourth-order valence-corrected chi connectivity index (χ4v) is 1.44. The first-order valence-electron chi connectivity index (χ1n) is 4.15. The first kappa shape index (κ1) is 14.1. The van der Waals surface area contributed by atoms with Crippen molar-refractivity contribution in [3.05, 3.63) is 29.3 Å². The molecule has 0 atom stereocenters. The van der Waals surface area contributed by atoms with Crippen LogP contribution in [0.25, 0.3) is 0 Å². The number of benzene rings is 1. The molecular weight excluding hydrogens is 318 g/mol. The second-order valence-corrected chi connectivity index (χ2v) is 3.57. The minimum absolute atomic E-state index is 0.0996. The van der Waals surface area contributed by atoms with Crippen molar-refractivity contribution in [2.75, 3.05) is 0 Å². The zero-order valence-electron chi connectivity index (χ0n) is 7.99. The van der Waals surface area contributed by atoms with Crippen LogP contribution in [0, 0.1) is 0 Å². The second-order valence-electron chi connectivity index (χ2n) is 3.01. The summed E-state index contributed by atoms with van der Waals surface area (Å²) in [6.07, 6.45) is -10.1. The predicted octanol–water partition coefficient (Wildman–Crippen LogP) is 4.50.